The highest BCUT2D eigenvalue weighted by molar-refractivity contribution is 5.95. The number of halogens is 1. The Labute approximate surface area is 147 Å². The number of benzene rings is 1. The molecule has 3 rings (SSSR count). The Bertz CT molecular complexity index is 751. The molecular formula is C19H24FN3O2. The van der Waals surface area contributed by atoms with E-state index in [-0.39, 0.29) is 30.4 Å². The van der Waals surface area contributed by atoms with Gasteiger partial charge in [-0.3, -0.25) is 9.48 Å². The number of carbonyl (C=O) groups excluding carboxylic acids is 1. The van der Waals surface area contributed by atoms with Gasteiger partial charge in [0.25, 0.3) is 5.91 Å². The first kappa shape index (κ1) is 17.6. The smallest absolute Gasteiger partial charge is 0.257 e. The fourth-order valence-corrected chi connectivity index (χ4v) is 3.07. The van der Waals surface area contributed by atoms with E-state index in [0.717, 1.165) is 18.5 Å². The van der Waals surface area contributed by atoms with Gasteiger partial charge in [0.2, 0.25) is 0 Å². The Morgan fingerprint density at radius 2 is 2.00 bits per heavy atom. The third kappa shape index (κ3) is 3.74. The summed E-state index contributed by atoms with van der Waals surface area (Å²) in [6.07, 6.45) is 2.65. The second-order valence-corrected chi connectivity index (χ2v) is 6.94. The van der Waals surface area contributed by atoms with E-state index in [9.17, 15) is 14.3 Å². The first-order valence-corrected chi connectivity index (χ1v) is 8.67. The number of amides is 1. The van der Waals surface area contributed by atoms with Crippen LogP contribution >= 0.6 is 0 Å². The molecule has 1 aromatic carbocycles. The van der Waals surface area contributed by atoms with Gasteiger partial charge in [-0.1, -0.05) is 12.1 Å². The molecule has 0 saturated heterocycles. The third-order valence-corrected chi connectivity index (χ3v) is 4.64. The van der Waals surface area contributed by atoms with Crippen molar-refractivity contribution in [3.8, 4) is 0 Å². The maximum atomic E-state index is 13.1. The van der Waals surface area contributed by atoms with Crippen molar-refractivity contribution in [1.82, 2.24) is 14.7 Å². The minimum atomic E-state index is -0.842. The zero-order chi connectivity index (χ0) is 18.1. The monoisotopic (exact) mass is 345 g/mol. The first-order valence-electron chi connectivity index (χ1n) is 8.67. The van der Waals surface area contributed by atoms with Gasteiger partial charge in [-0.2, -0.15) is 5.10 Å². The van der Waals surface area contributed by atoms with Gasteiger partial charge in [0, 0.05) is 17.8 Å². The van der Waals surface area contributed by atoms with Crippen molar-refractivity contribution in [2.24, 2.45) is 0 Å². The van der Waals surface area contributed by atoms with E-state index >= 15 is 0 Å². The lowest BCUT2D eigenvalue weighted by Crippen LogP contribution is -2.37. The fraction of sp³-hybridized carbons (Fsp3) is 0.474. The van der Waals surface area contributed by atoms with E-state index in [1.54, 1.807) is 23.2 Å². The van der Waals surface area contributed by atoms with Crippen molar-refractivity contribution in [3.63, 3.8) is 0 Å². The van der Waals surface area contributed by atoms with Crippen LogP contribution in [0.2, 0.25) is 0 Å². The molecule has 134 valence electrons. The molecule has 1 aliphatic rings. The van der Waals surface area contributed by atoms with E-state index < -0.39 is 6.10 Å². The Morgan fingerprint density at radius 3 is 2.52 bits per heavy atom. The molecule has 0 bridgehead atoms. The van der Waals surface area contributed by atoms with Gasteiger partial charge in [-0.25, -0.2) is 4.39 Å². The number of rotatable bonds is 6. The van der Waals surface area contributed by atoms with Crippen LogP contribution < -0.4 is 0 Å². The number of carbonyl (C=O) groups is 1. The topological polar surface area (TPSA) is 58.4 Å². The normalized spacial score (nSPS) is 15.4. The number of nitrogens with zero attached hydrogens (tertiary/aromatic N) is 3. The maximum Gasteiger partial charge on any atom is 0.257 e. The van der Waals surface area contributed by atoms with Crippen LogP contribution in [0.15, 0.2) is 30.5 Å². The minimum absolute atomic E-state index is 0.104. The lowest BCUT2D eigenvalue weighted by molar-refractivity contribution is 0.0602. The Kier molecular flexibility index (Phi) is 4.90. The molecule has 0 spiro atoms. The van der Waals surface area contributed by atoms with Crippen molar-refractivity contribution in [2.45, 2.75) is 51.8 Å². The van der Waals surface area contributed by atoms with Crippen molar-refractivity contribution in [1.29, 1.82) is 0 Å². The average molecular weight is 345 g/mol. The van der Waals surface area contributed by atoms with Gasteiger partial charge >= 0.3 is 0 Å². The largest absolute Gasteiger partial charge is 0.387 e. The van der Waals surface area contributed by atoms with E-state index in [1.807, 2.05) is 25.5 Å². The third-order valence-electron chi connectivity index (χ3n) is 4.64. The van der Waals surface area contributed by atoms with Crippen molar-refractivity contribution >= 4 is 5.91 Å². The molecule has 1 N–H and O–H groups in total. The molecule has 2 aromatic rings. The Hall–Kier alpha value is -2.21. The lowest BCUT2D eigenvalue weighted by Gasteiger charge is -2.25. The first-order chi connectivity index (χ1) is 11.9. The van der Waals surface area contributed by atoms with Crippen LogP contribution in [-0.4, -0.2) is 38.3 Å². The van der Waals surface area contributed by atoms with Crippen molar-refractivity contribution < 1.29 is 14.3 Å². The minimum Gasteiger partial charge on any atom is -0.387 e. The van der Waals surface area contributed by atoms with E-state index in [0.29, 0.717) is 11.1 Å². The molecule has 5 nitrogen and oxygen atoms in total. The molecule has 25 heavy (non-hydrogen) atoms. The molecule has 1 atom stereocenters. The summed E-state index contributed by atoms with van der Waals surface area (Å²) < 4.78 is 14.9. The van der Waals surface area contributed by atoms with Gasteiger partial charge in [-0.05, 0) is 51.3 Å². The summed E-state index contributed by atoms with van der Waals surface area (Å²) in [6, 6.07) is 6.08. The van der Waals surface area contributed by atoms with Gasteiger partial charge in [0.1, 0.15) is 5.82 Å². The summed E-state index contributed by atoms with van der Waals surface area (Å²) in [4.78, 5) is 14.7. The molecule has 1 unspecified atom stereocenters. The lowest BCUT2D eigenvalue weighted by atomic mass is 10.1. The Balaban J connectivity index is 1.79. The van der Waals surface area contributed by atoms with Crippen LogP contribution in [0, 0.1) is 12.7 Å². The molecule has 1 saturated carbocycles. The molecule has 0 aliphatic heterocycles. The van der Waals surface area contributed by atoms with Gasteiger partial charge in [0.05, 0.1) is 24.4 Å². The number of aromatic nitrogens is 2. The average Bonchev–Trinajstić information content (AvgIpc) is 3.34. The Morgan fingerprint density at radius 1 is 1.36 bits per heavy atom. The molecule has 0 radical (unpaired) electrons. The van der Waals surface area contributed by atoms with Gasteiger partial charge in [-0.15, -0.1) is 0 Å². The van der Waals surface area contributed by atoms with E-state index in [2.05, 4.69) is 5.10 Å². The predicted octanol–water partition coefficient (Wildman–Crippen LogP) is 3.25. The van der Waals surface area contributed by atoms with Crippen molar-refractivity contribution in [3.05, 3.63) is 53.1 Å². The second-order valence-electron chi connectivity index (χ2n) is 6.94. The van der Waals surface area contributed by atoms with Crippen LogP contribution in [0.5, 0.6) is 0 Å². The molecule has 1 fully saturated rings. The standard InChI is InChI=1S/C19H24FN3O2/c1-12(2)23-13(3)17(10-21-23)19(25)22(16-8-9-16)11-18(24)14-4-6-15(20)7-5-14/h4-7,10,12,16,18,24H,8-9,11H2,1-3H3. The molecule has 1 amide bonds. The van der Waals surface area contributed by atoms with Gasteiger partial charge in [0.15, 0.2) is 0 Å². The van der Waals surface area contributed by atoms with Gasteiger partial charge < -0.3 is 10.0 Å². The second kappa shape index (κ2) is 6.96. The molecular weight excluding hydrogens is 321 g/mol. The summed E-state index contributed by atoms with van der Waals surface area (Å²) in [5.41, 5.74) is 2.02. The van der Waals surface area contributed by atoms with Crippen LogP contribution in [0.4, 0.5) is 4.39 Å². The molecule has 6 heteroatoms. The number of aliphatic hydroxyl groups excluding tert-OH is 1. The quantitative estimate of drug-likeness (QED) is 0.874. The van der Waals surface area contributed by atoms with E-state index in [1.165, 1.54) is 12.1 Å². The highest BCUT2D eigenvalue weighted by Gasteiger charge is 2.35. The van der Waals surface area contributed by atoms with Crippen LogP contribution in [0.25, 0.3) is 0 Å². The van der Waals surface area contributed by atoms with Crippen LogP contribution in [-0.2, 0) is 0 Å². The SMILES string of the molecule is Cc1c(C(=O)N(CC(O)c2ccc(F)cc2)C2CC2)cnn1C(C)C. The van der Waals surface area contributed by atoms with E-state index in [4.69, 9.17) is 0 Å². The highest BCUT2D eigenvalue weighted by Crippen LogP contribution is 2.31. The fourth-order valence-electron chi connectivity index (χ4n) is 3.07. The maximum absolute atomic E-state index is 13.1. The zero-order valence-electron chi connectivity index (χ0n) is 14.8. The number of hydrogen-bond acceptors (Lipinski definition) is 3. The predicted molar refractivity (Wildman–Crippen MR) is 92.8 cm³/mol. The number of aliphatic hydroxyl groups is 1. The highest BCUT2D eigenvalue weighted by atomic mass is 19.1. The van der Waals surface area contributed by atoms with Crippen molar-refractivity contribution in [2.75, 3.05) is 6.54 Å². The van der Waals surface area contributed by atoms with Crippen LogP contribution in [0.3, 0.4) is 0 Å². The summed E-state index contributed by atoms with van der Waals surface area (Å²) in [5.74, 6) is -0.448. The summed E-state index contributed by atoms with van der Waals surface area (Å²) >= 11 is 0. The summed E-state index contributed by atoms with van der Waals surface area (Å²) in [6.45, 7) is 6.12. The van der Waals surface area contributed by atoms with Crippen LogP contribution in [0.1, 0.15) is 60.5 Å². The molecule has 1 aromatic heterocycles. The molecule has 1 aliphatic carbocycles. The number of hydrogen-bond donors (Lipinski definition) is 1. The summed E-state index contributed by atoms with van der Waals surface area (Å²) in [5, 5.41) is 14.8. The summed E-state index contributed by atoms with van der Waals surface area (Å²) in [7, 11) is 0. The zero-order valence-corrected chi connectivity index (χ0v) is 14.8. The molecule has 1 heterocycles.